The lowest BCUT2D eigenvalue weighted by Crippen LogP contribution is -2.48. The second kappa shape index (κ2) is 12.6. The van der Waals surface area contributed by atoms with Crippen molar-refractivity contribution >= 4 is 42.3 Å². The molecule has 0 saturated heterocycles. The van der Waals surface area contributed by atoms with E-state index in [0.717, 1.165) is 45.8 Å². The number of rotatable bonds is 12. The average molecular weight is 664 g/mol. The van der Waals surface area contributed by atoms with E-state index in [0.29, 0.717) is 43.2 Å². The lowest BCUT2D eigenvalue weighted by molar-refractivity contribution is 0.0714. The molecule has 2 aromatic heterocycles. The summed E-state index contributed by atoms with van der Waals surface area (Å²) in [5.41, 5.74) is 5.11. The average Bonchev–Trinajstić information content (AvgIpc) is 3.68. The fourth-order valence-corrected chi connectivity index (χ4v) is 7.22. The number of alkyl halides is 1. The van der Waals surface area contributed by atoms with Gasteiger partial charge in [-0.3, -0.25) is 4.79 Å². The van der Waals surface area contributed by atoms with Crippen molar-refractivity contribution in [2.24, 2.45) is 13.0 Å². The molecule has 10 nitrogen and oxygen atoms in total. The summed E-state index contributed by atoms with van der Waals surface area (Å²) in [5.74, 6) is 2.00. The quantitative estimate of drug-likeness (QED) is 0.130. The third kappa shape index (κ3) is 6.62. The van der Waals surface area contributed by atoms with Crippen LogP contribution in [0.1, 0.15) is 49.5 Å². The molecule has 3 heterocycles. The minimum Gasteiger partial charge on any atom is -0.489 e. The van der Waals surface area contributed by atoms with Gasteiger partial charge in [0, 0.05) is 37.6 Å². The Hall–Kier alpha value is -3.90. The summed E-state index contributed by atoms with van der Waals surface area (Å²) in [5, 5.41) is 12.4. The summed E-state index contributed by atoms with van der Waals surface area (Å²) in [6.07, 6.45) is 1.67. The topological polar surface area (TPSA) is 111 Å². The first-order chi connectivity index (χ1) is 22.3. The molecule has 2 N–H and O–H groups in total. The summed E-state index contributed by atoms with van der Waals surface area (Å²) in [4.78, 5) is 31.1. The van der Waals surface area contributed by atoms with Gasteiger partial charge in [0.05, 0.1) is 34.9 Å². The number of halogens is 1. The maximum atomic E-state index is 13.5. The number of aromatic nitrogens is 3. The molecule has 1 aliphatic carbocycles. The van der Waals surface area contributed by atoms with Gasteiger partial charge >= 0.3 is 6.09 Å². The van der Waals surface area contributed by atoms with E-state index >= 15 is 0 Å². The smallest absolute Gasteiger partial charge is 0.405 e. The van der Waals surface area contributed by atoms with Crippen molar-refractivity contribution in [3.8, 4) is 17.3 Å². The van der Waals surface area contributed by atoms with Crippen LogP contribution < -0.4 is 10.1 Å². The van der Waals surface area contributed by atoms with Crippen LogP contribution in [0.15, 0.2) is 36.4 Å². The number of fused-ring (bicyclic) bond motifs is 3. The molecule has 0 spiro atoms. The number of carbonyl (C=O) groups excluding carboxylic acids is 1. The maximum Gasteiger partial charge on any atom is 0.405 e. The van der Waals surface area contributed by atoms with Gasteiger partial charge in [-0.05, 0) is 73.1 Å². The molecule has 2 aromatic carbocycles. The predicted molar refractivity (Wildman–Crippen MR) is 184 cm³/mol. The molecule has 4 aromatic rings. The van der Waals surface area contributed by atoms with Gasteiger partial charge in [0.2, 0.25) is 0 Å². The van der Waals surface area contributed by atoms with Gasteiger partial charge in [-0.1, -0.05) is 32.9 Å². The highest BCUT2D eigenvalue weighted by Crippen LogP contribution is 2.40. The molecular weight excluding hydrogens is 617 g/mol. The van der Waals surface area contributed by atoms with Crippen LogP contribution in [0.25, 0.3) is 33.5 Å². The Kier molecular flexibility index (Phi) is 8.86. The lowest BCUT2D eigenvalue weighted by Gasteiger charge is -2.36. The van der Waals surface area contributed by atoms with Crippen molar-refractivity contribution in [1.82, 2.24) is 24.3 Å². The minimum absolute atomic E-state index is 0.0271. The van der Waals surface area contributed by atoms with Gasteiger partial charge in [-0.2, -0.15) is 0 Å². The van der Waals surface area contributed by atoms with Crippen molar-refractivity contribution in [3.63, 3.8) is 0 Å². The second-order valence-corrected chi connectivity index (χ2v) is 19.3. The molecule has 1 atom stereocenters. The van der Waals surface area contributed by atoms with Crippen molar-refractivity contribution < 1.29 is 28.2 Å². The van der Waals surface area contributed by atoms with Crippen LogP contribution in [0.3, 0.4) is 0 Å². The Balaban J connectivity index is 1.31. The van der Waals surface area contributed by atoms with Gasteiger partial charge in [0.25, 0.3) is 5.91 Å². The van der Waals surface area contributed by atoms with Gasteiger partial charge in [-0.25, -0.2) is 14.2 Å². The summed E-state index contributed by atoms with van der Waals surface area (Å²) in [7, 11) is 0.130. The second-order valence-electron chi connectivity index (χ2n) is 14.5. The van der Waals surface area contributed by atoms with Crippen LogP contribution in [0.4, 0.5) is 9.18 Å². The van der Waals surface area contributed by atoms with Gasteiger partial charge in [0.1, 0.15) is 19.0 Å². The number of nitrogens with one attached hydrogen (secondary N) is 1. The van der Waals surface area contributed by atoms with Gasteiger partial charge in [-0.15, -0.1) is 0 Å². The largest absolute Gasteiger partial charge is 0.489 e. The zero-order valence-electron chi connectivity index (χ0n) is 28.2. The zero-order valence-corrected chi connectivity index (χ0v) is 29.2. The van der Waals surface area contributed by atoms with Crippen LogP contribution in [-0.2, 0) is 24.4 Å². The van der Waals surface area contributed by atoms with E-state index in [1.54, 1.807) is 0 Å². The fraction of sp³-hybridized carbons (Fsp3) is 0.514. The van der Waals surface area contributed by atoms with Gasteiger partial charge in [0.15, 0.2) is 14.1 Å². The molecule has 252 valence electrons. The standard InChI is InChI=1S/C35H46FN5O5Si/c1-35(2,3)47(5,6)46-15-14-45-30-9-7-8-24-17-29(41(31(24)30)20-22-10-11-22)32-38-27-18-26-23(16-28(27)39(32)4)12-13-40(33(26)42)21-25(19-36)37-34(43)44/h7-9,16-18,22,25,37H,10-15,19-21H2,1-6H3,(H,43,44)/t25-/m1/s1. The number of hydrogen-bond donors (Lipinski definition) is 2. The molecule has 0 radical (unpaired) electrons. The minimum atomic E-state index is -1.88. The number of carboxylic acid groups (broad SMARTS) is 1. The van der Waals surface area contributed by atoms with E-state index in [9.17, 15) is 14.0 Å². The Morgan fingerprint density at radius 1 is 1.19 bits per heavy atom. The summed E-state index contributed by atoms with van der Waals surface area (Å²) in [6, 6.07) is 11.2. The highest BCUT2D eigenvalue weighted by molar-refractivity contribution is 6.74. The van der Waals surface area contributed by atoms with Gasteiger partial charge < -0.3 is 33.6 Å². The number of para-hydroxylation sites is 1. The van der Waals surface area contributed by atoms with E-state index in [-0.39, 0.29) is 17.5 Å². The number of carbonyl (C=O) groups is 2. The van der Waals surface area contributed by atoms with Crippen LogP contribution in [0, 0.1) is 5.92 Å². The van der Waals surface area contributed by atoms with Crippen molar-refractivity contribution in [1.29, 1.82) is 0 Å². The number of hydrogen-bond acceptors (Lipinski definition) is 5. The summed E-state index contributed by atoms with van der Waals surface area (Å²) >= 11 is 0. The van der Waals surface area contributed by atoms with E-state index < -0.39 is 27.1 Å². The first-order valence-corrected chi connectivity index (χ1v) is 19.4. The van der Waals surface area contributed by atoms with Crippen LogP contribution in [0.5, 0.6) is 5.75 Å². The molecular formula is C35H46FN5O5Si. The van der Waals surface area contributed by atoms with Crippen LogP contribution in [0.2, 0.25) is 18.1 Å². The molecule has 1 saturated carbocycles. The number of ether oxygens (including phenoxy) is 1. The van der Waals surface area contributed by atoms with Crippen molar-refractivity contribution in [2.75, 3.05) is 33.0 Å². The SMILES string of the molecule is Cn1c(-c2cc3cccc(OCCO[Si](C)(C)C(C)(C)C)c3n2CC2CC2)nc2cc3c(cc21)CCN(C[C@@H](CF)NC(=O)O)C3=O. The van der Waals surface area contributed by atoms with E-state index in [4.69, 9.17) is 19.3 Å². The normalized spacial score (nSPS) is 16.1. The van der Waals surface area contributed by atoms with Crippen molar-refractivity contribution in [2.45, 2.75) is 70.8 Å². The molecule has 2 amide bonds. The van der Waals surface area contributed by atoms with Crippen molar-refractivity contribution in [3.05, 3.63) is 47.5 Å². The maximum absolute atomic E-state index is 13.5. The number of benzene rings is 2. The number of imidazole rings is 1. The first-order valence-electron chi connectivity index (χ1n) is 16.5. The fourth-order valence-electron chi connectivity index (χ4n) is 6.20. The Morgan fingerprint density at radius 2 is 1.96 bits per heavy atom. The van der Waals surface area contributed by atoms with E-state index in [2.05, 4.69) is 60.4 Å². The lowest BCUT2D eigenvalue weighted by atomic mass is 9.97. The van der Waals surface area contributed by atoms with Crippen LogP contribution in [-0.4, -0.2) is 83.5 Å². The monoisotopic (exact) mass is 663 g/mol. The molecule has 0 unspecified atom stereocenters. The molecule has 1 fully saturated rings. The van der Waals surface area contributed by atoms with Crippen LogP contribution >= 0.6 is 0 Å². The summed E-state index contributed by atoms with van der Waals surface area (Å²) < 4.78 is 30.7. The molecule has 2 aliphatic rings. The molecule has 47 heavy (non-hydrogen) atoms. The molecule has 1 aliphatic heterocycles. The van der Waals surface area contributed by atoms with E-state index in [1.165, 1.54) is 17.7 Å². The third-order valence-electron chi connectivity index (χ3n) is 10.1. The third-order valence-corrected chi connectivity index (χ3v) is 14.6. The predicted octanol–water partition coefficient (Wildman–Crippen LogP) is 6.61. The number of nitrogens with zero attached hydrogens (tertiary/aromatic N) is 4. The molecule has 12 heteroatoms. The summed E-state index contributed by atoms with van der Waals surface area (Å²) in [6.45, 7) is 12.6. The number of amides is 2. The Bertz CT molecular complexity index is 1820. The highest BCUT2D eigenvalue weighted by Gasteiger charge is 2.37. The highest BCUT2D eigenvalue weighted by atomic mass is 28.4. The van der Waals surface area contributed by atoms with E-state index in [1.807, 2.05) is 31.3 Å². The molecule has 6 rings (SSSR count). The first kappa shape index (κ1) is 33.0. The Labute approximate surface area is 276 Å². The zero-order chi connectivity index (χ0) is 33.7. The number of aryl methyl sites for hydroxylation is 1. The molecule has 0 bridgehead atoms. The Morgan fingerprint density at radius 3 is 2.64 bits per heavy atom.